The lowest BCUT2D eigenvalue weighted by atomic mass is 10.2. The lowest BCUT2D eigenvalue weighted by Gasteiger charge is -2.13. The van der Waals surface area contributed by atoms with Crippen molar-refractivity contribution in [3.63, 3.8) is 0 Å². The Hall–Kier alpha value is -0.560. The highest BCUT2D eigenvalue weighted by Crippen LogP contribution is 2.22. The number of hydrogen-bond donors (Lipinski definition) is 2. The van der Waals surface area contributed by atoms with E-state index >= 15 is 0 Å². The van der Waals surface area contributed by atoms with Crippen LogP contribution in [0.2, 0.25) is 0 Å². The van der Waals surface area contributed by atoms with Gasteiger partial charge < -0.3 is 19.5 Å². The van der Waals surface area contributed by atoms with Gasteiger partial charge >= 0.3 is 0 Å². The topological polar surface area (TPSA) is 67.5 Å². The first kappa shape index (κ1) is 10.9. The van der Waals surface area contributed by atoms with Gasteiger partial charge in [-0.2, -0.15) is 0 Å². The van der Waals surface area contributed by atoms with E-state index < -0.39 is 12.2 Å². The number of nitrogens with zero attached hydrogens (tertiary/aromatic N) is 2. The maximum absolute atomic E-state index is 9.54. The van der Waals surface area contributed by atoms with Crippen LogP contribution in [0.15, 0.2) is 17.6 Å². The molecule has 2 heterocycles. The fourth-order valence-electron chi connectivity index (χ4n) is 1.46. The normalized spacial score (nSPS) is 31.0. The smallest absolute Gasteiger partial charge is 0.167 e. The lowest BCUT2D eigenvalue weighted by molar-refractivity contribution is 0.0337. The molecule has 0 aliphatic carbocycles. The third kappa shape index (κ3) is 2.34. The zero-order chi connectivity index (χ0) is 10.8. The minimum atomic E-state index is -0.780. The molecular weight excluding hydrogens is 216 g/mol. The van der Waals surface area contributed by atoms with E-state index in [2.05, 4.69) is 4.98 Å². The Kier molecular flexibility index (Phi) is 3.30. The largest absolute Gasteiger partial charge is 0.388 e. The zero-order valence-electron chi connectivity index (χ0n) is 8.41. The number of hydrogen-bond acceptors (Lipinski definition) is 5. The van der Waals surface area contributed by atoms with Crippen molar-refractivity contribution in [3.05, 3.63) is 12.4 Å². The van der Waals surface area contributed by atoms with Crippen molar-refractivity contribution in [3.8, 4) is 0 Å². The third-order valence-electron chi connectivity index (χ3n) is 2.41. The van der Waals surface area contributed by atoms with Crippen molar-refractivity contribution < 1.29 is 14.9 Å². The molecule has 3 unspecified atom stereocenters. The van der Waals surface area contributed by atoms with E-state index in [-0.39, 0.29) is 12.7 Å². The van der Waals surface area contributed by atoms with Gasteiger partial charge in [-0.3, -0.25) is 0 Å². The summed E-state index contributed by atoms with van der Waals surface area (Å²) in [5, 5.41) is 19.7. The fourth-order valence-corrected chi connectivity index (χ4v) is 2.47. The number of ether oxygens (including phenoxy) is 1. The Morgan fingerprint density at radius 1 is 1.67 bits per heavy atom. The summed E-state index contributed by atoms with van der Waals surface area (Å²) in [5.41, 5.74) is 0. The van der Waals surface area contributed by atoms with E-state index in [0.29, 0.717) is 5.75 Å². The number of aliphatic hydroxyl groups is 2. The number of imidazole rings is 1. The first-order chi connectivity index (χ1) is 7.18. The summed E-state index contributed by atoms with van der Waals surface area (Å²) in [5.74, 6) is 0.600. The highest BCUT2D eigenvalue weighted by Gasteiger charge is 2.34. The molecule has 0 spiro atoms. The Labute approximate surface area is 92.1 Å². The molecule has 1 aromatic heterocycles. The van der Waals surface area contributed by atoms with Gasteiger partial charge in [0.05, 0.1) is 12.7 Å². The molecule has 84 valence electrons. The van der Waals surface area contributed by atoms with Gasteiger partial charge in [-0.15, -0.1) is 0 Å². The molecule has 0 saturated carbocycles. The Morgan fingerprint density at radius 3 is 3.00 bits per heavy atom. The maximum Gasteiger partial charge on any atom is 0.167 e. The molecule has 15 heavy (non-hydrogen) atoms. The second-order valence-corrected chi connectivity index (χ2v) is 4.55. The van der Waals surface area contributed by atoms with Crippen LogP contribution in [0.4, 0.5) is 0 Å². The van der Waals surface area contributed by atoms with Crippen LogP contribution < -0.4 is 0 Å². The maximum atomic E-state index is 9.54. The summed E-state index contributed by atoms with van der Waals surface area (Å²) in [6, 6.07) is 0. The van der Waals surface area contributed by atoms with E-state index in [0.717, 1.165) is 5.16 Å². The predicted octanol–water partition coefficient (Wildman–Crippen LogP) is -0.367. The van der Waals surface area contributed by atoms with Crippen molar-refractivity contribution in [2.45, 2.75) is 23.5 Å². The third-order valence-corrected chi connectivity index (χ3v) is 3.56. The molecule has 1 fully saturated rings. The average molecular weight is 230 g/mol. The van der Waals surface area contributed by atoms with Gasteiger partial charge in [0.2, 0.25) is 0 Å². The molecule has 0 radical (unpaired) electrons. The molecule has 1 aliphatic heterocycles. The Balaban J connectivity index is 1.86. The number of aliphatic hydroxyl groups excluding tert-OH is 2. The molecule has 2 N–H and O–H groups in total. The van der Waals surface area contributed by atoms with Crippen molar-refractivity contribution in [2.75, 3.05) is 12.4 Å². The van der Waals surface area contributed by atoms with E-state index in [4.69, 9.17) is 4.74 Å². The van der Waals surface area contributed by atoms with Gasteiger partial charge in [0.25, 0.3) is 0 Å². The molecule has 0 bridgehead atoms. The second-order valence-electron chi connectivity index (χ2n) is 3.56. The summed E-state index contributed by atoms with van der Waals surface area (Å²) < 4.78 is 7.16. The second kappa shape index (κ2) is 4.52. The molecule has 1 aromatic rings. The SMILES string of the molecule is Cn1ccnc1SCC1OCC(O)C1O. The highest BCUT2D eigenvalue weighted by molar-refractivity contribution is 7.99. The molecule has 0 amide bonds. The first-order valence-corrected chi connectivity index (χ1v) is 5.75. The number of rotatable bonds is 3. The Morgan fingerprint density at radius 2 is 2.47 bits per heavy atom. The molecule has 1 saturated heterocycles. The van der Waals surface area contributed by atoms with Crippen LogP contribution >= 0.6 is 11.8 Å². The van der Waals surface area contributed by atoms with E-state index in [1.54, 1.807) is 6.20 Å². The average Bonchev–Trinajstić information content (AvgIpc) is 2.74. The van der Waals surface area contributed by atoms with Crippen LogP contribution in [0, 0.1) is 0 Å². The van der Waals surface area contributed by atoms with E-state index in [1.807, 2.05) is 17.8 Å². The first-order valence-electron chi connectivity index (χ1n) is 4.76. The van der Waals surface area contributed by atoms with Gasteiger partial charge in [0, 0.05) is 25.2 Å². The van der Waals surface area contributed by atoms with Gasteiger partial charge in [-0.25, -0.2) is 4.98 Å². The molecular formula is C9H14N2O3S. The summed E-state index contributed by atoms with van der Waals surface area (Å²) in [4.78, 5) is 4.15. The molecule has 6 heteroatoms. The van der Waals surface area contributed by atoms with E-state index in [9.17, 15) is 10.2 Å². The monoisotopic (exact) mass is 230 g/mol. The van der Waals surface area contributed by atoms with Crippen molar-refractivity contribution >= 4 is 11.8 Å². The number of aryl methyl sites for hydroxylation is 1. The Bertz CT molecular complexity index is 331. The van der Waals surface area contributed by atoms with Crippen LogP contribution in [0.3, 0.4) is 0 Å². The number of thioether (sulfide) groups is 1. The number of aromatic nitrogens is 2. The quantitative estimate of drug-likeness (QED) is 0.694. The molecule has 0 aromatic carbocycles. The lowest BCUT2D eigenvalue weighted by Crippen LogP contribution is -2.31. The molecule has 1 aliphatic rings. The minimum absolute atomic E-state index is 0.215. The van der Waals surface area contributed by atoms with Crippen LogP contribution in [0.1, 0.15) is 0 Å². The predicted molar refractivity (Wildman–Crippen MR) is 55.7 cm³/mol. The summed E-state index contributed by atoms with van der Waals surface area (Å²) >= 11 is 1.51. The minimum Gasteiger partial charge on any atom is -0.388 e. The summed E-state index contributed by atoms with van der Waals surface area (Å²) in [6.45, 7) is 0.215. The van der Waals surface area contributed by atoms with Crippen molar-refractivity contribution in [1.29, 1.82) is 0 Å². The standard InChI is InChI=1S/C9H14N2O3S/c1-11-3-2-10-9(11)15-5-7-8(13)6(12)4-14-7/h2-3,6-8,12-13H,4-5H2,1H3. The van der Waals surface area contributed by atoms with Crippen LogP contribution in [0.5, 0.6) is 0 Å². The fraction of sp³-hybridized carbons (Fsp3) is 0.667. The van der Waals surface area contributed by atoms with Crippen LogP contribution in [-0.2, 0) is 11.8 Å². The van der Waals surface area contributed by atoms with Gasteiger partial charge in [-0.1, -0.05) is 11.8 Å². The highest BCUT2D eigenvalue weighted by atomic mass is 32.2. The summed E-state index contributed by atoms with van der Waals surface area (Å²) in [6.07, 6.45) is 1.75. The van der Waals surface area contributed by atoms with Gasteiger partial charge in [0.1, 0.15) is 12.2 Å². The van der Waals surface area contributed by atoms with Crippen molar-refractivity contribution in [1.82, 2.24) is 9.55 Å². The van der Waals surface area contributed by atoms with Crippen molar-refractivity contribution in [2.24, 2.45) is 7.05 Å². The zero-order valence-corrected chi connectivity index (χ0v) is 9.22. The van der Waals surface area contributed by atoms with Gasteiger partial charge in [-0.05, 0) is 0 Å². The van der Waals surface area contributed by atoms with Crippen LogP contribution in [0.25, 0.3) is 0 Å². The molecule has 3 atom stereocenters. The summed E-state index contributed by atoms with van der Waals surface area (Å²) in [7, 11) is 1.91. The molecule has 5 nitrogen and oxygen atoms in total. The van der Waals surface area contributed by atoms with Crippen LogP contribution in [-0.4, -0.2) is 50.4 Å². The molecule has 2 rings (SSSR count). The van der Waals surface area contributed by atoms with E-state index in [1.165, 1.54) is 11.8 Å². The van der Waals surface area contributed by atoms with Gasteiger partial charge in [0.15, 0.2) is 5.16 Å².